The van der Waals surface area contributed by atoms with E-state index in [4.69, 9.17) is 9.47 Å². The quantitative estimate of drug-likeness (QED) is 0.635. The van der Waals surface area contributed by atoms with Crippen LogP contribution in [0.2, 0.25) is 0 Å². The number of carbonyl (C=O) groups excluding carboxylic acids is 1. The van der Waals surface area contributed by atoms with Gasteiger partial charge in [0.05, 0.1) is 20.5 Å². The maximum Gasteiger partial charge on any atom is 0.316 e. The predicted octanol–water partition coefficient (Wildman–Crippen LogP) is 3.18. The van der Waals surface area contributed by atoms with Crippen molar-refractivity contribution in [1.82, 2.24) is 0 Å². The fraction of sp³-hybridized carbons (Fsp3) is 0.357. The monoisotopic (exact) mass is 310 g/mol. The Kier molecular flexibility index (Phi) is 3.76. The summed E-state index contributed by atoms with van der Waals surface area (Å²) in [6.07, 6.45) is 3.02. The summed E-state index contributed by atoms with van der Waals surface area (Å²) < 4.78 is 10.9. The third kappa shape index (κ3) is 2.17. The first-order chi connectivity index (χ1) is 8.62. The maximum absolute atomic E-state index is 12.1. The number of hydrogen-bond donors (Lipinski definition) is 0. The van der Waals surface area contributed by atoms with Crippen LogP contribution in [0.1, 0.15) is 18.4 Å². The molecule has 96 valence electrons. The van der Waals surface area contributed by atoms with Crippen molar-refractivity contribution < 1.29 is 14.3 Å². The summed E-state index contributed by atoms with van der Waals surface area (Å²) in [5.74, 6) is -0.186. The molecular formula is C14H15BrO3. The summed E-state index contributed by atoms with van der Waals surface area (Å²) >= 11 is 3.43. The largest absolute Gasteiger partial charge is 0.504 e. The molecule has 1 saturated carbocycles. The molecule has 0 radical (unpaired) electrons. The molecular weight excluding hydrogens is 296 g/mol. The van der Waals surface area contributed by atoms with E-state index in [0.29, 0.717) is 12.8 Å². The highest BCUT2D eigenvalue weighted by Crippen LogP contribution is 2.48. The first-order valence-corrected chi connectivity index (χ1v) is 6.47. The van der Waals surface area contributed by atoms with Gasteiger partial charge in [-0.1, -0.05) is 28.1 Å². The molecule has 0 spiro atoms. The molecule has 1 aromatic carbocycles. The van der Waals surface area contributed by atoms with Gasteiger partial charge >= 0.3 is 5.97 Å². The molecule has 0 heterocycles. The van der Waals surface area contributed by atoms with Crippen molar-refractivity contribution in [2.75, 3.05) is 14.2 Å². The van der Waals surface area contributed by atoms with Gasteiger partial charge < -0.3 is 9.47 Å². The van der Waals surface area contributed by atoms with Gasteiger partial charge in [-0.15, -0.1) is 0 Å². The Labute approximate surface area is 115 Å². The number of benzene rings is 1. The van der Waals surface area contributed by atoms with Gasteiger partial charge in [0.1, 0.15) is 5.41 Å². The van der Waals surface area contributed by atoms with Crippen molar-refractivity contribution in [3.63, 3.8) is 0 Å². The number of ether oxygens (including phenoxy) is 2. The predicted molar refractivity (Wildman–Crippen MR) is 72.2 cm³/mol. The van der Waals surface area contributed by atoms with E-state index in [0.717, 1.165) is 15.6 Å². The molecule has 0 unspecified atom stereocenters. The number of allylic oxidation sites excluding steroid dienone is 1. The molecule has 2 rings (SSSR count). The molecule has 0 N–H and O–H groups in total. The van der Waals surface area contributed by atoms with Crippen molar-refractivity contribution in [1.29, 1.82) is 0 Å². The first kappa shape index (κ1) is 13.1. The van der Waals surface area contributed by atoms with Crippen LogP contribution in [-0.4, -0.2) is 20.2 Å². The summed E-state index contributed by atoms with van der Waals surface area (Å²) in [6, 6.07) is 7.81. The Morgan fingerprint density at radius 1 is 1.39 bits per heavy atom. The average Bonchev–Trinajstić information content (AvgIpc) is 2.32. The van der Waals surface area contributed by atoms with E-state index >= 15 is 0 Å². The lowest BCUT2D eigenvalue weighted by atomic mass is 9.62. The van der Waals surface area contributed by atoms with E-state index in [2.05, 4.69) is 15.9 Å². The summed E-state index contributed by atoms with van der Waals surface area (Å²) in [4.78, 5) is 12.1. The lowest BCUT2D eigenvalue weighted by Crippen LogP contribution is -2.44. The van der Waals surface area contributed by atoms with Gasteiger partial charge in [0, 0.05) is 4.47 Å². The van der Waals surface area contributed by atoms with E-state index in [1.165, 1.54) is 7.11 Å². The van der Waals surface area contributed by atoms with Crippen LogP contribution in [0.3, 0.4) is 0 Å². The number of methoxy groups -OCH3 is 2. The molecule has 1 aromatic rings. The summed E-state index contributed by atoms with van der Waals surface area (Å²) in [6.45, 7) is 0. The minimum absolute atomic E-state index is 0.186. The number of carbonyl (C=O) groups is 1. The van der Waals surface area contributed by atoms with E-state index in [1.54, 1.807) is 13.4 Å². The summed E-state index contributed by atoms with van der Waals surface area (Å²) in [5, 5.41) is 0. The van der Waals surface area contributed by atoms with Gasteiger partial charge in [-0.05, 0) is 36.1 Å². The molecule has 1 aliphatic rings. The summed E-state index contributed by atoms with van der Waals surface area (Å²) in [7, 11) is 3.05. The Hall–Kier alpha value is -1.29. The fourth-order valence-electron chi connectivity index (χ4n) is 2.42. The third-order valence-corrected chi connectivity index (χ3v) is 3.79. The highest BCUT2D eigenvalue weighted by Gasteiger charge is 2.50. The second kappa shape index (κ2) is 5.14. The summed E-state index contributed by atoms with van der Waals surface area (Å²) in [5.41, 5.74) is 1.56. The van der Waals surface area contributed by atoms with Gasteiger partial charge in [0.15, 0.2) is 0 Å². The van der Waals surface area contributed by atoms with Gasteiger partial charge in [0.2, 0.25) is 0 Å². The van der Waals surface area contributed by atoms with Gasteiger partial charge in [-0.2, -0.15) is 0 Å². The van der Waals surface area contributed by atoms with Crippen LogP contribution in [0.4, 0.5) is 0 Å². The van der Waals surface area contributed by atoms with Crippen LogP contribution >= 0.6 is 15.9 Å². The average molecular weight is 311 g/mol. The van der Waals surface area contributed by atoms with E-state index in [-0.39, 0.29) is 5.97 Å². The molecule has 0 atom stereocenters. The molecule has 3 nitrogen and oxygen atoms in total. The molecule has 18 heavy (non-hydrogen) atoms. The SMILES string of the molecule is COC=C1CC(C(=O)OC)(c2cccc(Br)c2)C1. The molecule has 0 amide bonds. The fourth-order valence-corrected chi connectivity index (χ4v) is 2.82. The molecule has 0 aliphatic heterocycles. The number of rotatable bonds is 3. The first-order valence-electron chi connectivity index (χ1n) is 5.67. The van der Waals surface area contributed by atoms with Crippen molar-refractivity contribution in [3.8, 4) is 0 Å². The van der Waals surface area contributed by atoms with Crippen LogP contribution in [-0.2, 0) is 19.7 Å². The second-order valence-corrected chi connectivity index (χ2v) is 5.37. The van der Waals surface area contributed by atoms with Crippen LogP contribution in [0.25, 0.3) is 0 Å². The van der Waals surface area contributed by atoms with Gasteiger partial charge in [-0.3, -0.25) is 4.79 Å². The zero-order chi connectivity index (χ0) is 13.2. The van der Waals surface area contributed by atoms with Crippen LogP contribution in [0, 0.1) is 0 Å². The lowest BCUT2D eigenvalue weighted by molar-refractivity contribution is -0.149. The Morgan fingerprint density at radius 2 is 2.11 bits per heavy atom. The zero-order valence-electron chi connectivity index (χ0n) is 10.4. The topological polar surface area (TPSA) is 35.5 Å². The Bertz CT molecular complexity index is 486. The normalized spacial score (nSPS) is 22.1. The molecule has 0 bridgehead atoms. The molecule has 4 heteroatoms. The van der Waals surface area contributed by atoms with E-state index in [9.17, 15) is 4.79 Å². The standard InChI is InChI=1S/C14H15BrO3/c1-17-9-10-7-14(8-10,13(16)18-2)11-4-3-5-12(15)6-11/h3-6,9H,7-8H2,1-2H3. The van der Waals surface area contributed by atoms with Crippen LogP contribution in [0.15, 0.2) is 40.6 Å². The maximum atomic E-state index is 12.1. The van der Waals surface area contributed by atoms with Crippen LogP contribution < -0.4 is 0 Å². The van der Waals surface area contributed by atoms with Crippen LogP contribution in [0.5, 0.6) is 0 Å². The highest BCUT2D eigenvalue weighted by molar-refractivity contribution is 9.10. The smallest absolute Gasteiger partial charge is 0.316 e. The highest BCUT2D eigenvalue weighted by atomic mass is 79.9. The van der Waals surface area contributed by atoms with Gasteiger partial charge in [0.25, 0.3) is 0 Å². The molecule has 0 aromatic heterocycles. The number of esters is 1. The molecule has 1 fully saturated rings. The minimum Gasteiger partial charge on any atom is -0.504 e. The molecule has 1 aliphatic carbocycles. The second-order valence-electron chi connectivity index (χ2n) is 4.45. The van der Waals surface area contributed by atoms with Crippen molar-refractivity contribution in [2.45, 2.75) is 18.3 Å². The minimum atomic E-state index is -0.553. The van der Waals surface area contributed by atoms with E-state index < -0.39 is 5.41 Å². The van der Waals surface area contributed by atoms with Crippen molar-refractivity contribution in [2.24, 2.45) is 0 Å². The van der Waals surface area contributed by atoms with Crippen molar-refractivity contribution in [3.05, 3.63) is 46.1 Å². The third-order valence-electron chi connectivity index (χ3n) is 3.30. The Balaban J connectivity index is 2.34. The molecule has 0 saturated heterocycles. The Morgan fingerprint density at radius 3 is 2.67 bits per heavy atom. The van der Waals surface area contributed by atoms with Gasteiger partial charge in [-0.25, -0.2) is 0 Å². The number of halogens is 1. The lowest BCUT2D eigenvalue weighted by Gasteiger charge is -2.41. The van der Waals surface area contributed by atoms with Crippen molar-refractivity contribution >= 4 is 21.9 Å². The van der Waals surface area contributed by atoms with E-state index in [1.807, 2.05) is 24.3 Å². The number of hydrogen-bond acceptors (Lipinski definition) is 3. The zero-order valence-corrected chi connectivity index (χ0v) is 12.0.